The number of halogens is 1. The second-order valence-electron chi connectivity index (χ2n) is 5.27. The molecule has 0 unspecified atom stereocenters. The van der Waals surface area contributed by atoms with Crippen molar-refractivity contribution in [3.8, 4) is 0 Å². The number of nitrogens with zero attached hydrogens (tertiary/aromatic N) is 2. The van der Waals surface area contributed by atoms with Crippen LogP contribution in [-0.4, -0.2) is 22.1 Å². The molecule has 1 heterocycles. The summed E-state index contributed by atoms with van der Waals surface area (Å²) in [6.07, 6.45) is 4.48. The Balaban J connectivity index is 1.87. The van der Waals surface area contributed by atoms with E-state index in [4.69, 9.17) is 0 Å². The van der Waals surface area contributed by atoms with Gasteiger partial charge in [-0.25, -0.2) is 9.37 Å². The molecule has 3 rings (SSSR count). The van der Waals surface area contributed by atoms with E-state index < -0.39 is 0 Å². The maximum atomic E-state index is 13.8. The minimum Gasteiger partial charge on any atom is -0.328 e. The fourth-order valence-electron chi connectivity index (χ4n) is 2.50. The van der Waals surface area contributed by atoms with Gasteiger partial charge in [0.1, 0.15) is 11.3 Å². The normalized spacial score (nSPS) is 15.3. The highest BCUT2D eigenvalue weighted by molar-refractivity contribution is 5.76. The first-order valence-electron chi connectivity index (χ1n) is 7.16. The second kappa shape index (κ2) is 5.29. The molecular formula is C15H20FN3. The number of para-hydroxylation sites is 1. The van der Waals surface area contributed by atoms with Crippen LogP contribution in [0.2, 0.25) is 0 Å². The van der Waals surface area contributed by atoms with Gasteiger partial charge >= 0.3 is 0 Å². The Labute approximate surface area is 112 Å². The summed E-state index contributed by atoms with van der Waals surface area (Å²) in [7, 11) is 0. The van der Waals surface area contributed by atoms with E-state index in [0.717, 1.165) is 37.3 Å². The third-order valence-electron chi connectivity index (χ3n) is 3.61. The quantitative estimate of drug-likeness (QED) is 0.866. The third-order valence-corrected chi connectivity index (χ3v) is 3.61. The Hall–Kier alpha value is -1.42. The molecule has 1 aromatic carbocycles. The van der Waals surface area contributed by atoms with E-state index in [1.165, 1.54) is 18.9 Å². The number of aryl methyl sites for hydroxylation is 1. The smallest absolute Gasteiger partial charge is 0.151 e. The monoisotopic (exact) mass is 261 g/mol. The minimum atomic E-state index is -0.219. The summed E-state index contributed by atoms with van der Waals surface area (Å²) in [5.74, 6) is 0.777. The SMILES string of the molecule is CCCn1c(CCNC2CC2)nc2c(F)cccc21. The van der Waals surface area contributed by atoms with Crippen molar-refractivity contribution in [2.45, 2.75) is 45.2 Å². The molecule has 0 saturated heterocycles. The lowest BCUT2D eigenvalue weighted by molar-refractivity contribution is 0.615. The van der Waals surface area contributed by atoms with E-state index in [9.17, 15) is 4.39 Å². The van der Waals surface area contributed by atoms with Crippen LogP contribution in [0.15, 0.2) is 18.2 Å². The molecule has 1 aromatic heterocycles. The maximum absolute atomic E-state index is 13.8. The van der Waals surface area contributed by atoms with Crippen molar-refractivity contribution in [1.29, 1.82) is 0 Å². The molecule has 0 bridgehead atoms. The molecule has 3 nitrogen and oxygen atoms in total. The summed E-state index contributed by atoms with van der Waals surface area (Å²) < 4.78 is 15.9. The Bertz CT molecular complexity index is 572. The molecule has 1 N–H and O–H groups in total. The zero-order valence-corrected chi connectivity index (χ0v) is 11.3. The first-order valence-corrected chi connectivity index (χ1v) is 7.16. The van der Waals surface area contributed by atoms with Crippen LogP contribution >= 0.6 is 0 Å². The van der Waals surface area contributed by atoms with Crippen molar-refractivity contribution >= 4 is 11.0 Å². The molecule has 1 aliphatic carbocycles. The lowest BCUT2D eigenvalue weighted by atomic mass is 10.3. The van der Waals surface area contributed by atoms with Crippen molar-refractivity contribution in [1.82, 2.24) is 14.9 Å². The molecule has 0 aliphatic heterocycles. The number of fused-ring (bicyclic) bond motifs is 1. The first kappa shape index (κ1) is 12.6. The Morgan fingerprint density at radius 2 is 2.26 bits per heavy atom. The average molecular weight is 261 g/mol. The van der Waals surface area contributed by atoms with Crippen LogP contribution in [-0.2, 0) is 13.0 Å². The molecular weight excluding hydrogens is 241 g/mol. The lowest BCUT2D eigenvalue weighted by Crippen LogP contribution is -2.20. The first-order chi connectivity index (χ1) is 9.29. The number of nitrogens with one attached hydrogen (secondary N) is 1. The minimum absolute atomic E-state index is 0.219. The van der Waals surface area contributed by atoms with Crippen LogP contribution in [0.5, 0.6) is 0 Å². The molecule has 4 heteroatoms. The van der Waals surface area contributed by atoms with Crippen molar-refractivity contribution in [2.24, 2.45) is 0 Å². The van der Waals surface area contributed by atoms with Crippen molar-refractivity contribution < 1.29 is 4.39 Å². The fraction of sp³-hybridized carbons (Fsp3) is 0.533. The number of aromatic nitrogens is 2. The predicted octanol–water partition coefficient (Wildman–Crippen LogP) is 2.88. The van der Waals surface area contributed by atoms with Gasteiger partial charge in [0.25, 0.3) is 0 Å². The van der Waals surface area contributed by atoms with Gasteiger partial charge in [-0.05, 0) is 31.4 Å². The van der Waals surface area contributed by atoms with Gasteiger partial charge in [0, 0.05) is 25.6 Å². The summed E-state index contributed by atoms with van der Waals surface area (Å²) in [5.41, 5.74) is 1.43. The molecule has 0 atom stereocenters. The molecule has 102 valence electrons. The molecule has 2 aromatic rings. The molecule has 19 heavy (non-hydrogen) atoms. The van der Waals surface area contributed by atoms with Crippen molar-refractivity contribution in [3.05, 3.63) is 29.8 Å². The van der Waals surface area contributed by atoms with Crippen molar-refractivity contribution in [2.75, 3.05) is 6.54 Å². The fourth-order valence-corrected chi connectivity index (χ4v) is 2.50. The standard InChI is InChI=1S/C15H20FN3/c1-2-10-19-13-5-3-4-12(16)15(13)18-14(19)8-9-17-11-6-7-11/h3-5,11,17H,2,6-10H2,1H3. The summed E-state index contributed by atoms with van der Waals surface area (Å²) in [6.45, 7) is 3.97. The number of imidazole rings is 1. The third kappa shape index (κ3) is 2.63. The number of rotatable bonds is 6. The highest BCUT2D eigenvalue weighted by Gasteiger charge is 2.20. The zero-order chi connectivity index (χ0) is 13.2. The van der Waals surface area contributed by atoms with Gasteiger partial charge in [0.15, 0.2) is 5.82 Å². The lowest BCUT2D eigenvalue weighted by Gasteiger charge is -2.08. The summed E-state index contributed by atoms with van der Waals surface area (Å²) in [5, 5.41) is 3.49. The van der Waals surface area contributed by atoms with Crippen molar-refractivity contribution in [3.63, 3.8) is 0 Å². The topological polar surface area (TPSA) is 29.9 Å². The second-order valence-corrected chi connectivity index (χ2v) is 5.27. The highest BCUT2D eigenvalue weighted by Crippen LogP contribution is 2.21. The van der Waals surface area contributed by atoms with Crippen LogP contribution in [0, 0.1) is 5.82 Å². The zero-order valence-electron chi connectivity index (χ0n) is 11.3. The van der Waals surface area contributed by atoms with E-state index >= 15 is 0 Å². The average Bonchev–Trinajstić information content (AvgIpc) is 3.15. The molecule has 0 spiro atoms. The van der Waals surface area contributed by atoms with Gasteiger partial charge in [-0.1, -0.05) is 13.0 Å². The van der Waals surface area contributed by atoms with Crippen LogP contribution in [0.3, 0.4) is 0 Å². The summed E-state index contributed by atoms with van der Waals surface area (Å²) in [4.78, 5) is 4.50. The largest absolute Gasteiger partial charge is 0.328 e. The number of hydrogen-bond donors (Lipinski definition) is 1. The van der Waals surface area contributed by atoms with Gasteiger partial charge in [-0.15, -0.1) is 0 Å². The van der Waals surface area contributed by atoms with Crippen LogP contribution in [0.25, 0.3) is 11.0 Å². The molecule has 1 saturated carbocycles. The van der Waals surface area contributed by atoms with E-state index in [0.29, 0.717) is 11.6 Å². The predicted molar refractivity (Wildman–Crippen MR) is 74.7 cm³/mol. The molecule has 1 fully saturated rings. The van der Waals surface area contributed by atoms with Crippen LogP contribution in [0.1, 0.15) is 32.0 Å². The van der Waals surface area contributed by atoms with Gasteiger partial charge in [0.2, 0.25) is 0 Å². The van der Waals surface area contributed by atoms with E-state index in [1.807, 2.05) is 6.07 Å². The van der Waals surface area contributed by atoms with E-state index in [2.05, 4.69) is 21.8 Å². The summed E-state index contributed by atoms with van der Waals surface area (Å²) >= 11 is 0. The van der Waals surface area contributed by atoms with Gasteiger partial charge < -0.3 is 9.88 Å². The van der Waals surface area contributed by atoms with Crippen LogP contribution < -0.4 is 5.32 Å². The Morgan fingerprint density at radius 1 is 1.42 bits per heavy atom. The van der Waals surface area contributed by atoms with Gasteiger partial charge in [-0.2, -0.15) is 0 Å². The Kier molecular flexibility index (Phi) is 3.51. The van der Waals surface area contributed by atoms with Crippen LogP contribution in [0.4, 0.5) is 4.39 Å². The highest BCUT2D eigenvalue weighted by atomic mass is 19.1. The Morgan fingerprint density at radius 3 is 3.00 bits per heavy atom. The van der Waals surface area contributed by atoms with Gasteiger partial charge in [-0.3, -0.25) is 0 Å². The molecule has 0 amide bonds. The van der Waals surface area contributed by atoms with Gasteiger partial charge in [0.05, 0.1) is 5.52 Å². The summed E-state index contributed by atoms with van der Waals surface area (Å²) in [6, 6.07) is 5.91. The molecule has 1 aliphatic rings. The van der Waals surface area contributed by atoms with E-state index in [-0.39, 0.29) is 5.82 Å². The van der Waals surface area contributed by atoms with E-state index in [1.54, 1.807) is 6.07 Å². The molecule has 0 radical (unpaired) electrons. The number of benzene rings is 1. The maximum Gasteiger partial charge on any atom is 0.151 e. The number of hydrogen-bond acceptors (Lipinski definition) is 2.